The molecule has 0 unspecified atom stereocenters. The van der Waals surface area contributed by atoms with E-state index >= 15 is 0 Å². The van der Waals surface area contributed by atoms with Crippen LogP contribution in [0.1, 0.15) is 57.9 Å². The second-order valence-corrected chi connectivity index (χ2v) is 8.03. The standard InChI is InChI=1S/C18H32N2S/c1-16(2)19-14-18(9-6-4-5-7-10-18)15-20(3)12-17-8-11-21-13-17/h8,11,13,16,19H,4-7,9-10,12,14-15H2,1-3H3. The number of thiophene rings is 1. The van der Waals surface area contributed by atoms with Crippen LogP contribution in [-0.2, 0) is 6.54 Å². The monoisotopic (exact) mass is 308 g/mol. The Balaban J connectivity index is 1.96. The Morgan fingerprint density at radius 1 is 1.24 bits per heavy atom. The average Bonchev–Trinajstić information content (AvgIpc) is 2.82. The fourth-order valence-corrected chi connectivity index (χ4v) is 4.27. The van der Waals surface area contributed by atoms with Gasteiger partial charge in [-0.3, -0.25) is 0 Å². The molecule has 0 aliphatic heterocycles. The Kier molecular flexibility index (Phi) is 6.72. The first kappa shape index (κ1) is 17.0. The molecule has 2 nitrogen and oxygen atoms in total. The first-order valence-electron chi connectivity index (χ1n) is 8.53. The van der Waals surface area contributed by atoms with Gasteiger partial charge in [0.2, 0.25) is 0 Å². The number of rotatable bonds is 7. The Bertz CT molecular complexity index is 378. The van der Waals surface area contributed by atoms with Crippen LogP contribution in [-0.4, -0.2) is 31.1 Å². The second kappa shape index (κ2) is 8.30. The molecule has 0 bridgehead atoms. The van der Waals surface area contributed by atoms with Gasteiger partial charge in [0.1, 0.15) is 0 Å². The lowest BCUT2D eigenvalue weighted by molar-refractivity contribution is 0.139. The molecule has 1 fully saturated rings. The highest BCUT2D eigenvalue weighted by molar-refractivity contribution is 7.07. The van der Waals surface area contributed by atoms with Crippen molar-refractivity contribution in [3.05, 3.63) is 22.4 Å². The smallest absolute Gasteiger partial charge is 0.0239 e. The summed E-state index contributed by atoms with van der Waals surface area (Å²) in [4.78, 5) is 2.54. The van der Waals surface area contributed by atoms with E-state index in [-0.39, 0.29) is 0 Å². The molecule has 1 aromatic heterocycles. The quantitative estimate of drug-likeness (QED) is 0.745. The maximum Gasteiger partial charge on any atom is 0.0239 e. The van der Waals surface area contributed by atoms with E-state index in [0.29, 0.717) is 11.5 Å². The molecule has 1 heterocycles. The normalized spacial score (nSPS) is 19.1. The van der Waals surface area contributed by atoms with Crippen molar-refractivity contribution in [3.63, 3.8) is 0 Å². The number of nitrogens with one attached hydrogen (secondary N) is 1. The molecule has 1 aliphatic carbocycles. The lowest BCUT2D eigenvalue weighted by Gasteiger charge is -2.37. The minimum atomic E-state index is 0.478. The number of nitrogens with zero attached hydrogens (tertiary/aromatic N) is 1. The van der Waals surface area contributed by atoms with E-state index in [1.165, 1.54) is 57.2 Å². The SMILES string of the molecule is CC(C)NCC1(CN(C)Cc2ccsc2)CCCCCC1. The molecule has 0 radical (unpaired) electrons. The van der Waals surface area contributed by atoms with Gasteiger partial charge in [-0.2, -0.15) is 11.3 Å². The minimum absolute atomic E-state index is 0.478. The highest BCUT2D eigenvalue weighted by Gasteiger charge is 2.32. The Morgan fingerprint density at radius 2 is 1.95 bits per heavy atom. The summed E-state index contributed by atoms with van der Waals surface area (Å²) in [6.45, 7) is 8.02. The van der Waals surface area contributed by atoms with Gasteiger partial charge in [0, 0.05) is 25.7 Å². The zero-order valence-corrected chi connectivity index (χ0v) is 14.8. The fraction of sp³-hybridized carbons (Fsp3) is 0.778. The molecule has 0 amide bonds. The van der Waals surface area contributed by atoms with E-state index in [1.54, 1.807) is 11.3 Å². The third kappa shape index (κ3) is 5.72. The van der Waals surface area contributed by atoms with Gasteiger partial charge < -0.3 is 10.2 Å². The summed E-state index contributed by atoms with van der Waals surface area (Å²) in [7, 11) is 2.29. The predicted octanol–water partition coefficient (Wildman–Crippen LogP) is 4.52. The Labute approximate surface area is 134 Å². The second-order valence-electron chi connectivity index (χ2n) is 7.25. The maximum atomic E-state index is 3.72. The van der Waals surface area contributed by atoms with Gasteiger partial charge in [0.25, 0.3) is 0 Å². The molecule has 1 N–H and O–H groups in total. The summed E-state index contributed by atoms with van der Waals surface area (Å²) in [6.07, 6.45) is 8.45. The molecular formula is C18H32N2S. The van der Waals surface area contributed by atoms with Gasteiger partial charge in [-0.1, -0.05) is 39.5 Å². The van der Waals surface area contributed by atoms with Crippen LogP contribution < -0.4 is 5.32 Å². The first-order valence-corrected chi connectivity index (χ1v) is 9.47. The molecule has 1 saturated carbocycles. The van der Waals surface area contributed by atoms with Crippen LogP contribution in [0.3, 0.4) is 0 Å². The minimum Gasteiger partial charge on any atom is -0.314 e. The first-order chi connectivity index (χ1) is 10.1. The van der Waals surface area contributed by atoms with Crippen LogP contribution in [0.5, 0.6) is 0 Å². The van der Waals surface area contributed by atoms with E-state index < -0.39 is 0 Å². The van der Waals surface area contributed by atoms with Crippen molar-refractivity contribution in [2.45, 2.75) is 65.0 Å². The van der Waals surface area contributed by atoms with Crippen LogP contribution >= 0.6 is 11.3 Å². The van der Waals surface area contributed by atoms with E-state index in [9.17, 15) is 0 Å². The number of hydrogen-bond donors (Lipinski definition) is 1. The molecule has 1 aromatic rings. The maximum absolute atomic E-state index is 3.72. The molecule has 0 atom stereocenters. The van der Waals surface area contributed by atoms with Gasteiger partial charge in [-0.05, 0) is 47.7 Å². The Hall–Kier alpha value is -0.380. The zero-order chi connectivity index (χ0) is 15.1. The lowest BCUT2D eigenvalue weighted by atomic mass is 9.79. The summed E-state index contributed by atoms with van der Waals surface area (Å²) < 4.78 is 0. The lowest BCUT2D eigenvalue weighted by Crippen LogP contribution is -2.44. The van der Waals surface area contributed by atoms with Crippen molar-refractivity contribution >= 4 is 11.3 Å². The van der Waals surface area contributed by atoms with Gasteiger partial charge in [-0.25, -0.2) is 0 Å². The molecular weight excluding hydrogens is 276 g/mol. The highest BCUT2D eigenvalue weighted by Crippen LogP contribution is 2.35. The molecule has 2 rings (SSSR count). The summed E-state index contributed by atoms with van der Waals surface area (Å²) in [5, 5.41) is 8.19. The van der Waals surface area contributed by atoms with Gasteiger partial charge in [0.05, 0.1) is 0 Å². The van der Waals surface area contributed by atoms with Crippen LogP contribution in [0.4, 0.5) is 0 Å². The summed E-state index contributed by atoms with van der Waals surface area (Å²) >= 11 is 1.81. The van der Waals surface area contributed by atoms with Gasteiger partial charge >= 0.3 is 0 Å². The Morgan fingerprint density at radius 3 is 2.52 bits per heavy atom. The molecule has 0 spiro atoms. The third-order valence-electron chi connectivity index (χ3n) is 4.69. The van der Waals surface area contributed by atoms with Crippen LogP contribution in [0, 0.1) is 5.41 Å². The number of hydrogen-bond acceptors (Lipinski definition) is 3. The predicted molar refractivity (Wildman–Crippen MR) is 93.9 cm³/mol. The van der Waals surface area contributed by atoms with Crippen molar-refractivity contribution in [1.82, 2.24) is 10.2 Å². The topological polar surface area (TPSA) is 15.3 Å². The van der Waals surface area contributed by atoms with Crippen molar-refractivity contribution in [3.8, 4) is 0 Å². The molecule has 3 heteroatoms. The zero-order valence-electron chi connectivity index (χ0n) is 14.0. The van der Waals surface area contributed by atoms with Gasteiger partial charge in [0.15, 0.2) is 0 Å². The van der Waals surface area contributed by atoms with E-state index in [0.717, 1.165) is 6.54 Å². The van der Waals surface area contributed by atoms with E-state index in [2.05, 4.69) is 47.9 Å². The highest BCUT2D eigenvalue weighted by atomic mass is 32.1. The van der Waals surface area contributed by atoms with E-state index in [1.807, 2.05) is 0 Å². The van der Waals surface area contributed by atoms with Gasteiger partial charge in [-0.15, -0.1) is 0 Å². The van der Waals surface area contributed by atoms with E-state index in [4.69, 9.17) is 0 Å². The molecule has 0 saturated heterocycles. The fourth-order valence-electron chi connectivity index (χ4n) is 3.61. The van der Waals surface area contributed by atoms with Crippen LogP contribution in [0.2, 0.25) is 0 Å². The molecule has 120 valence electrons. The summed E-state index contributed by atoms with van der Waals surface area (Å²) in [5.41, 5.74) is 1.94. The van der Waals surface area contributed by atoms with Crippen molar-refractivity contribution in [2.24, 2.45) is 5.41 Å². The van der Waals surface area contributed by atoms with Crippen LogP contribution in [0.15, 0.2) is 16.8 Å². The van der Waals surface area contributed by atoms with Crippen LogP contribution in [0.25, 0.3) is 0 Å². The summed E-state index contributed by atoms with van der Waals surface area (Å²) in [6, 6.07) is 2.85. The summed E-state index contributed by atoms with van der Waals surface area (Å²) in [5.74, 6) is 0. The molecule has 21 heavy (non-hydrogen) atoms. The molecule has 0 aromatic carbocycles. The average molecular weight is 309 g/mol. The molecule has 1 aliphatic rings. The third-order valence-corrected chi connectivity index (χ3v) is 5.42. The van der Waals surface area contributed by atoms with Crippen molar-refractivity contribution < 1.29 is 0 Å². The van der Waals surface area contributed by atoms with Crippen molar-refractivity contribution in [2.75, 3.05) is 20.1 Å². The van der Waals surface area contributed by atoms with Crippen molar-refractivity contribution in [1.29, 1.82) is 0 Å². The largest absolute Gasteiger partial charge is 0.314 e.